The molecule has 0 spiro atoms. The van der Waals surface area contributed by atoms with E-state index >= 15 is 0 Å². The van der Waals surface area contributed by atoms with Crippen molar-refractivity contribution < 1.29 is 0 Å². The molecule has 0 fully saturated rings. The van der Waals surface area contributed by atoms with E-state index in [1.54, 1.807) is 0 Å². The Hall–Kier alpha value is -2.24. The predicted molar refractivity (Wildman–Crippen MR) is 150 cm³/mol. The number of hydrogen-bond donors (Lipinski definition) is 0. The van der Waals surface area contributed by atoms with Crippen molar-refractivity contribution in [2.75, 3.05) is 0 Å². The van der Waals surface area contributed by atoms with Crippen LogP contribution in [0.25, 0.3) is 19.6 Å². The predicted octanol–water partition coefficient (Wildman–Crippen LogP) is 9.81. The first kappa shape index (κ1) is 21.6. The van der Waals surface area contributed by atoms with Crippen molar-refractivity contribution in [2.24, 2.45) is 0 Å². The van der Waals surface area contributed by atoms with Gasteiger partial charge in [-0.3, -0.25) is 0 Å². The summed E-state index contributed by atoms with van der Waals surface area (Å²) in [5.41, 5.74) is 5.03. The van der Waals surface area contributed by atoms with Gasteiger partial charge in [0, 0.05) is 19.6 Å². The van der Waals surface area contributed by atoms with E-state index in [2.05, 4.69) is 121 Å². The molecule has 32 heavy (non-hydrogen) atoms. The van der Waals surface area contributed by atoms with Crippen LogP contribution in [0.2, 0.25) is 0 Å². The fourth-order valence-electron chi connectivity index (χ4n) is 3.39. The van der Waals surface area contributed by atoms with Crippen LogP contribution in [0.3, 0.4) is 0 Å². The molecule has 4 heteroatoms. The fourth-order valence-corrected chi connectivity index (χ4v) is 9.72. The fraction of sp³-hybridized carbons (Fsp3) is 0. The molecule has 1 heterocycles. The molecule has 4 aromatic rings. The molecule has 0 amide bonds. The molecule has 0 aliphatic carbocycles. The smallest absolute Gasteiger partial charge is 0.0409 e. The molecular weight excluding hydrogens is 465 g/mol. The second kappa shape index (κ2) is 10.6. The minimum atomic E-state index is 1.26. The molecule has 0 nitrogen and oxygen atoms in total. The first-order valence-corrected chi connectivity index (χ1v) is 14.6. The maximum absolute atomic E-state index is 2.21. The molecular formula is C28H20S4. The first-order valence-electron chi connectivity index (χ1n) is 10.3. The molecule has 0 unspecified atom stereocenters. The van der Waals surface area contributed by atoms with Gasteiger partial charge in [0.25, 0.3) is 0 Å². The van der Waals surface area contributed by atoms with Gasteiger partial charge in [-0.15, -0.1) is 0 Å². The summed E-state index contributed by atoms with van der Waals surface area (Å²) in [7, 11) is 7.44. The van der Waals surface area contributed by atoms with E-state index in [0.717, 1.165) is 0 Å². The summed E-state index contributed by atoms with van der Waals surface area (Å²) < 4.78 is 0. The van der Waals surface area contributed by atoms with Crippen LogP contribution in [-0.4, -0.2) is 0 Å². The van der Waals surface area contributed by atoms with E-state index in [4.69, 9.17) is 0 Å². The summed E-state index contributed by atoms with van der Waals surface area (Å²) in [5.74, 6) is 0. The van der Waals surface area contributed by atoms with Crippen molar-refractivity contribution in [1.82, 2.24) is 0 Å². The zero-order valence-electron chi connectivity index (χ0n) is 17.2. The summed E-state index contributed by atoms with van der Waals surface area (Å²) in [5, 5.41) is 0. The normalized spacial score (nSPS) is 19.2. The van der Waals surface area contributed by atoms with Crippen molar-refractivity contribution in [1.29, 1.82) is 0 Å². The van der Waals surface area contributed by atoms with Gasteiger partial charge in [0.05, 0.1) is 0 Å². The Morgan fingerprint density at radius 1 is 0.250 bits per heavy atom. The minimum Gasteiger partial charge on any atom is -0.0622 e. The Morgan fingerprint density at radius 3 is 0.625 bits per heavy atom. The third-order valence-electron chi connectivity index (χ3n) is 4.97. The standard InChI is InChI=1S/C28H20S4/c1-5-13-21(14-6-1)25-26(22-15-7-2-8-16-22)30-32-28(24-19-11-4-12-20-24)27(31-29-25)23-17-9-3-10-18-23/h1-20H/b26-25-,28-27-. The van der Waals surface area contributed by atoms with Gasteiger partial charge in [0.2, 0.25) is 0 Å². The largest absolute Gasteiger partial charge is 0.0622 e. The van der Waals surface area contributed by atoms with Crippen LogP contribution in [0.4, 0.5) is 0 Å². The SMILES string of the molecule is c1ccc(/C2=C(\c3ccccc3)SS/C(c3ccccc3)=C(/c3ccccc3)SS2)cc1. The molecule has 1 aliphatic heterocycles. The molecule has 0 atom stereocenters. The summed E-state index contributed by atoms with van der Waals surface area (Å²) in [6, 6.07) is 43.0. The average Bonchev–Trinajstić information content (AvgIpc) is 2.86. The van der Waals surface area contributed by atoms with Gasteiger partial charge in [-0.05, 0) is 22.3 Å². The maximum Gasteiger partial charge on any atom is 0.0409 e. The van der Waals surface area contributed by atoms with Crippen LogP contribution in [0.15, 0.2) is 121 Å². The van der Waals surface area contributed by atoms with E-state index < -0.39 is 0 Å². The Bertz CT molecular complexity index is 1030. The van der Waals surface area contributed by atoms with Gasteiger partial charge < -0.3 is 0 Å². The highest BCUT2D eigenvalue weighted by Crippen LogP contribution is 2.60. The van der Waals surface area contributed by atoms with Crippen LogP contribution >= 0.6 is 43.2 Å². The molecule has 0 saturated heterocycles. The highest BCUT2D eigenvalue weighted by Gasteiger charge is 2.23. The summed E-state index contributed by atoms with van der Waals surface area (Å²) >= 11 is 0. The van der Waals surface area contributed by atoms with Gasteiger partial charge in [0.15, 0.2) is 0 Å². The zero-order valence-corrected chi connectivity index (χ0v) is 20.4. The third kappa shape index (κ3) is 4.89. The molecule has 0 saturated carbocycles. The monoisotopic (exact) mass is 484 g/mol. The van der Waals surface area contributed by atoms with Gasteiger partial charge >= 0.3 is 0 Å². The Morgan fingerprint density at radius 2 is 0.438 bits per heavy atom. The summed E-state index contributed by atoms with van der Waals surface area (Å²) in [6.45, 7) is 0. The second-order valence-electron chi connectivity index (χ2n) is 7.11. The van der Waals surface area contributed by atoms with Crippen molar-refractivity contribution in [2.45, 2.75) is 0 Å². The summed E-state index contributed by atoms with van der Waals surface area (Å²) in [4.78, 5) is 5.22. The Kier molecular flexibility index (Phi) is 7.14. The molecule has 0 radical (unpaired) electrons. The average molecular weight is 485 g/mol. The lowest BCUT2D eigenvalue weighted by molar-refractivity contribution is 1.63. The van der Waals surface area contributed by atoms with Crippen LogP contribution < -0.4 is 0 Å². The number of rotatable bonds is 4. The molecule has 0 aromatic heterocycles. The van der Waals surface area contributed by atoms with E-state index in [-0.39, 0.29) is 0 Å². The van der Waals surface area contributed by atoms with Crippen molar-refractivity contribution in [3.05, 3.63) is 144 Å². The lowest BCUT2D eigenvalue weighted by atomic mass is 10.1. The van der Waals surface area contributed by atoms with Crippen LogP contribution in [-0.2, 0) is 0 Å². The molecule has 1 aliphatic rings. The molecule has 0 N–H and O–H groups in total. The minimum absolute atomic E-state index is 1.26. The number of benzene rings is 4. The third-order valence-corrected chi connectivity index (χ3v) is 10.3. The van der Waals surface area contributed by atoms with Crippen LogP contribution in [0.5, 0.6) is 0 Å². The van der Waals surface area contributed by atoms with Gasteiger partial charge in [-0.1, -0.05) is 165 Å². The lowest BCUT2D eigenvalue weighted by Gasteiger charge is -2.22. The molecule has 5 rings (SSSR count). The van der Waals surface area contributed by atoms with E-state index in [9.17, 15) is 0 Å². The van der Waals surface area contributed by atoms with Gasteiger partial charge in [0.1, 0.15) is 0 Å². The quantitative estimate of drug-likeness (QED) is 0.264. The van der Waals surface area contributed by atoms with E-state index in [1.807, 2.05) is 43.2 Å². The van der Waals surface area contributed by atoms with Crippen molar-refractivity contribution in [3.8, 4) is 0 Å². The molecule has 0 bridgehead atoms. The first-order chi connectivity index (χ1) is 15.9. The highest BCUT2D eigenvalue weighted by molar-refractivity contribution is 8.87. The Labute approximate surface area is 205 Å². The lowest BCUT2D eigenvalue weighted by Crippen LogP contribution is -1.91. The van der Waals surface area contributed by atoms with Crippen molar-refractivity contribution in [3.63, 3.8) is 0 Å². The topological polar surface area (TPSA) is 0 Å². The zero-order chi connectivity index (χ0) is 21.6. The van der Waals surface area contributed by atoms with E-state index in [0.29, 0.717) is 0 Å². The molecule has 156 valence electrons. The van der Waals surface area contributed by atoms with E-state index in [1.165, 1.54) is 41.9 Å². The van der Waals surface area contributed by atoms with Crippen LogP contribution in [0, 0.1) is 0 Å². The number of hydrogen-bond acceptors (Lipinski definition) is 4. The molecule has 4 aromatic carbocycles. The second-order valence-corrected chi connectivity index (χ2v) is 11.4. The highest BCUT2D eigenvalue weighted by atomic mass is 33.1. The van der Waals surface area contributed by atoms with Gasteiger partial charge in [-0.25, -0.2) is 0 Å². The Balaban J connectivity index is 1.64. The maximum atomic E-state index is 2.21. The van der Waals surface area contributed by atoms with Crippen molar-refractivity contribution >= 4 is 62.8 Å². The van der Waals surface area contributed by atoms with Gasteiger partial charge in [-0.2, -0.15) is 0 Å². The van der Waals surface area contributed by atoms with Crippen LogP contribution in [0.1, 0.15) is 22.3 Å². The summed E-state index contributed by atoms with van der Waals surface area (Å²) in [6.07, 6.45) is 0.